The Balaban J connectivity index is -0.0000000462. The van der Waals surface area contributed by atoms with E-state index in [-0.39, 0.29) is 60.8 Å². The maximum Gasteiger partial charge on any atom is 0.0605 e. The molecule has 0 bridgehead atoms. The molecular formula is C15H46N4O4. The lowest BCUT2D eigenvalue weighted by Crippen LogP contribution is -2.27. The highest BCUT2D eigenvalue weighted by Gasteiger charge is 1.97. The van der Waals surface area contributed by atoms with Gasteiger partial charge in [-0.15, -0.1) is 0 Å². The molecule has 150 valence electrons. The van der Waals surface area contributed by atoms with Crippen molar-refractivity contribution in [3.05, 3.63) is 0 Å². The van der Waals surface area contributed by atoms with Crippen LogP contribution in [0, 0.1) is 0 Å². The van der Waals surface area contributed by atoms with E-state index < -0.39 is 6.04 Å². The van der Waals surface area contributed by atoms with E-state index in [0.717, 1.165) is 25.8 Å². The molecular weight excluding hydrogens is 300 g/mol. The Labute approximate surface area is 143 Å². The van der Waals surface area contributed by atoms with Crippen LogP contribution in [0.4, 0.5) is 0 Å². The molecule has 0 aromatic heterocycles. The third-order valence-electron chi connectivity index (χ3n) is 2.02. The van der Waals surface area contributed by atoms with Crippen molar-refractivity contribution in [2.45, 2.75) is 66.6 Å². The summed E-state index contributed by atoms with van der Waals surface area (Å²) in [5, 5.41) is 32.6. The van der Waals surface area contributed by atoms with Crippen LogP contribution in [0.3, 0.4) is 0 Å². The van der Waals surface area contributed by atoms with E-state index in [1.54, 1.807) is 6.92 Å². The van der Waals surface area contributed by atoms with E-state index in [2.05, 4.69) is 0 Å². The van der Waals surface area contributed by atoms with Crippen molar-refractivity contribution >= 4 is 0 Å². The van der Waals surface area contributed by atoms with Crippen molar-refractivity contribution in [2.75, 3.05) is 33.0 Å². The second-order valence-electron chi connectivity index (χ2n) is 4.51. The molecule has 0 aliphatic heterocycles. The molecule has 0 saturated carbocycles. The minimum atomic E-state index is -0.454. The first kappa shape index (κ1) is 38.3. The number of unbranched alkanes of at least 4 members (excludes halogenated alkanes) is 1. The van der Waals surface area contributed by atoms with Crippen LogP contribution < -0.4 is 22.9 Å². The number of aliphatic hydroxyl groups is 4. The van der Waals surface area contributed by atoms with E-state index in [1.807, 2.05) is 0 Å². The average molecular weight is 347 g/mol. The number of hydrogen-bond acceptors (Lipinski definition) is 8. The highest BCUT2D eigenvalue weighted by molar-refractivity contribution is 4.58. The molecule has 2 atom stereocenters. The van der Waals surface area contributed by atoms with Crippen LogP contribution >= 0.6 is 0 Å². The monoisotopic (exact) mass is 346 g/mol. The summed E-state index contributed by atoms with van der Waals surface area (Å²) in [5.41, 5.74) is 20.7. The predicted molar refractivity (Wildman–Crippen MR) is 101 cm³/mol. The summed E-state index contributed by atoms with van der Waals surface area (Å²) in [6.07, 6.45) is 2.92. The van der Waals surface area contributed by atoms with Gasteiger partial charge < -0.3 is 43.4 Å². The summed E-state index contributed by atoms with van der Waals surface area (Å²) in [6.45, 7) is 2.36. The molecule has 0 saturated heterocycles. The molecule has 0 aliphatic rings. The lowest BCUT2D eigenvalue weighted by Gasteiger charge is -2.05. The summed E-state index contributed by atoms with van der Waals surface area (Å²) in [5.74, 6) is 0. The minimum absolute atomic E-state index is 0. The molecule has 8 nitrogen and oxygen atoms in total. The van der Waals surface area contributed by atoms with Crippen LogP contribution in [0.1, 0.15) is 48.5 Å². The number of nitrogens with two attached hydrogens (primary N) is 4. The first-order chi connectivity index (χ1) is 9.39. The van der Waals surface area contributed by atoms with Gasteiger partial charge in [-0.25, -0.2) is 0 Å². The lowest BCUT2D eigenvalue weighted by molar-refractivity contribution is 0.194. The van der Waals surface area contributed by atoms with Crippen LogP contribution in [0.5, 0.6) is 0 Å². The second-order valence-corrected chi connectivity index (χ2v) is 4.51. The summed E-state index contributed by atoms with van der Waals surface area (Å²) >= 11 is 0. The number of rotatable bonds is 8. The van der Waals surface area contributed by atoms with Crippen LogP contribution in [0.15, 0.2) is 0 Å². The molecule has 23 heavy (non-hydrogen) atoms. The van der Waals surface area contributed by atoms with Crippen LogP contribution in [-0.2, 0) is 0 Å². The van der Waals surface area contributed by atoms with Crippen LogP contribution in [0.25, 0.3) is 0 Å². The van der Waals surface area contributed by atoms with Crippen LogP contribution in [0.2, 0.25) is 0 Å². The topological polar surface area (TPSA) is 185 Å². The molecule has 0 heterocycles. The Morgan fingerprint density at radius 1 is 0.696 bits per heavy atom. The van der Waals surface area contributed by atoms with Gasteiger partial charge >= 0.3 is 0 Å². The van der Waals surface area contributed by atoms with Gasteiger partial charge in [-0.05, 0) is 26.3 Å². The zero-order valence-electron chi connectivity index (χ0n) is 12.5. The maximum atomic E-state index is 8.48. The zero-order valence-corrected chi connectivity index (χ0v) is 12.5. The predicted octanol–water partition coefficient (Wildman–Crippen LogP) is -1.03. The molecule has 8 heteroatoms. The summed E-state index contributed by atoms with van der Waals surface area (Å²) in [6, 6.07) is -0.559. The van der Waals surface area contributed by atoms with Crippen molar-refractivity contribution in [3.8, 4) is 0 Å². The van der Waals surface area contributed by atoms with E-state index in [0.29, 0.717) is 0 Å². The Bertz CT molecular complexity index is 162. The van der Waals surface area contributed by atoms with Gasteiger partial charge in [0.2, 0.25) is 0 Å². The van der Waals surface area contributed by atoms with Gasteiger partial charge in [-0.3, -0.25) is 0 Å². The normalized spacial score (nSPS) is 11.2. The molecule has 0 spiro atoms. The Hall–Kier alpha value is -0.320. The van der Waals surface area contributed by atoms with Gasteiger partial charge in [0.1, 0.15) is 0 Å². The Kier molecular flexibility index (Phi) is 55.5. The van der Waals surface area contributed by atoms with Gasteiger partial charge in [0.05, 0.1) is 32.5 Å². The third-order valence-corrected chi connectivity index (χ3v) is 2.02. The van der Waals surface area contributed by atoms with Gasteiger partial charge in [0.15, 0.2) is 0 Å². The Morgan fingerprint density at radius 2 is 1.04 bits per heavy atom. The highest BCUT2D eigenvalue weighted by atomic mass is 16.3. The average Bonchev–Trinajstić information content (AvgIpc) is 2.47. The fourth-order valence-corrected chi connectivity index (χ4v) is 0.700. The van der Waals surface area contributed by atoms with Gasteiger partial charge in [0.25, 0.3) is 0 Å². The molecule has 0 aromatic rings. The van der Waals surface area contributed by atoms with E-state index in [1.165, 1.54) is 0 Å². The quantitative estimate of drug-likeness (QED) is 0.256. The summed E-state index contributed by atoms with van der Waals surface area (Å²) < 4.78 is 0. The fourth-order valence-electron chi connectivity index (χ4n) is 0.700. The number of aliphatic hydroxyl groups excluding tert-OH is 4. The van der Waals surface area contributed by atoms with Crippen LogP contribution in [-0.4, -0.2) is 71.5 Å². The highest BCUT2D eigenvalue weighted by Crippen LogP contribution is 1.95. The van der Waals surface area contributed by atoms with Crippen molar-refractivity contribution in [3.63, 3.8) is 0 Å². The maximum absolute atomic E-state index is 8.48. The lowest BCUT2D eigenvalue weighted by atomic mass is 10.1. The van der Waals surface area contributed by atoms with E-state index >= 15 is 0 Å². The van der Waals surface area contributed by atoms with Gasteiger partial charge in [-0.2, -0.15) is 0 Å². The summed E-state index contributed by atoms with van der Waals surface area (Å²) in [4.78, 5) is 0. The zero-order chi connectivity index (χ0) is 16.4. The van der Waals surface area contributed by atoms with Gasteiger partial charge in [0, 0.05) is 12.1 Å². The fraction of sp³-hybridized carbons (Fsp3) is 1.00. The molecule has 0 aromatic carbocycles. The second kappa shape index (κ2) is 33.3. The van der Waals surface area contributed by atoms with Crippen molar-refractivity contribution in [2.24, 2.45) is 22.9 Å². The van der Waals surface area contributed by atoms with E-state index in [4.69, 9.17) is 43.4 Å². The molecule has 0 amide bonds. The van der Waals surface area contributed by atoms with Crippen molar-refractivity contribution < 1.29 is 20.4 Å². The van der Waals surface area contributed by atoms with E-state index in [9.17, 15) is 0 Å². The molecule has 0 radical (unpaired) electrons. The SMILES string of the molecule is C.C.C.CC(N)CO.NC(CO)CO.NCCCCC(N)CO. The van der Waals surface area contributed by atoms with Gasteiger partial charge in [-0.1, -0.05) is 28.7 Å². The molecule has 12 N–H and O–H groups in total. The summed E-state index contributed by atoms with van der Waals surface area (Å²) in [7, 11) is 0. The molecule has 2 unspecified atom stereocenters. The molecule has 0 fully saturated rings. The number of hydrogen-bond donors (Lipinski definition) is 8. The first-order valence-corrected chi connectivity index (χ1v) is 6.79. The van der Waals surface area contributed by atoms with Crippen molar-refractivity contribution in [1.29, 1.82) is 0 Å². The van der Waals surface area contributed by atoms with Crippen molar-refractivity contribution in [1.82, 2.24) is 0 Å². The molecule has 0 rings (SSSR count). The minimum Gasteiger partial charge on any atom is -0.395 e. The largest absolute Gasteiger partial charge is 0.395 e. The smallest absolute Gasteiger partial charge is 0.0605 e. The Morgan fingerprint density at radius 3 is 1.22 bits per heavy atom. The third kappa shape index (κ3) is 52.2. The first-order valence-electron chi connectivity index (χ1n) is 6.79. The standard InChI is InChI=1S/C6H16N2O.C3H9NO2.C3H9NO.3CH4/c7-4-2-1-3-6(8)5-9;4-3(1-5)2-6;1-3(4)2-5;;;/h6,9H,1-5,7-8H2;3,5-6H,1-2,4H2;3,5H,2,4H2,1H3;3*1H4. The molecule has 0 aliphatic carbocycles.